The van der Waals surface area contributed by atoms with Crippen LogP contribution < -0.4 is 16.1 Å². The molecule has 7 heteroatoms. The summed E-state index contributed by atoms with van der Waals surface area (Å²) in [5, 5.41) is 6.22. The van der Waals surface area contributed by atoms with Gasteiger partial charge in [-0.25, -0.2) is 0 Å². The van der Waals surface area contributed by atoms with Crippen molar-refractivity contribution in [2.75, 3.05) is 10.6 Å². The number of nitrogens with one attached hydrogen (secondary N) is 2. The van der Waals surface area contributed by atoms with Gasteiger partial charge in [0.05, 0.1) is 5.52 Å². The van der Waals surface area contributed by atoms with Gasteiger partial charge in [0.25, 0.3) is 5.91 Å². The zero-order valence-electron chi connectivity index (χ0n) is 15.7. The standard InChI is InChI=1S/C21H20ClN3O3/c1-12(2)25-11-18(20(27)17-10-14(22)4-9-19(17)25)21(28)24-16-7-5-15(6-8-16)23-13(3)26/h4-12H,1-3H3,(H,23,26)(H,24,28). The van der Waals surface area contributed by atoms with E-state index in [4.69, 9.17) is 11.6 Å². The van der Waals surface area contributed by atoms with Crippen LogP contribution in [0.1, 0.15) is 37.2 Å². The van der Waals surface area contributed by atoms with Crippen LogP contribution in [-0.2, 0) is 4.79 Å². The molecule has 0 aliphatic rings. The number of halogens is 1. The van der Waals surface area contributed by atoms with Gasteiger partial charge in [-0.15, -0.1) is 0 Å². The molecule has 0 aliphatic carbocycles. The Morgan fingerprint density at radius 2 is 1.61 bits per heavy atom. The first kappa shape index (κ1) is 19.6. The number of pyridine rings is 1. The molecule has 28 heavy (non-hydrogen) atoms. The van der Waals surface area contributed by atoms with Gasteiger partial charge in [-0.2, -0.15) is 0 Å². The smallest absolute Gasteiger partial charge is 0.261 e. The highest BCUT2D eigenvalue weighted by atomic mass is 35.5. The fraction of sp³-hybridized carbons (Fsp3) is 0.190. The fourth-order valence-electron chi connectivity index (χ4n) is 2.96. The number of carbonyl (C=O) groups excluding carboxylic acids is 2. The van der Waals surface area contributed by atoms with E-state index in [0.29, 0.717) is 21.8 Å². The molecule has 0 saturated heterocycles. The molecule has 0 fully saturated rings. The number of hydrogen-bond acceptors (Lipinski definition) is 3. The fourth-order valence-corrected chi connectivity index (χ4v) is 3.13. The molecule has 1 heterocycles. The Morgan fingerprint density at radius 1 is 1.00 bits per heavy atom. The molecule has 0 unspecified atom stereocenters. The third-order valence-corrected chi connectivity index (χ3v) is 4.49. The number of anilines is 2. The van der Waals surface area contributed by atoms with Gasteiger partial charge in [0.2, 0.25) is 11.3 Å². The Morgan fingerprint density at radius 3 is 2.18 bits per heavy atom. The molecule has 0 saturated carbocycles. The molecule has 0 atom stereocenters. The van der Waals surface area contributed by atoms with E-state index < -0.39 is 5.91 Å². The summed E-state index contributed by atoms with van der Waals surface area (Å²) in [5.41, 5.74) is 1.52. The summed E-state index contributed by atoms with van der Waals surface area (Å²) in [6.07, 6.45) is 1.57. The molecule has 0 aliphatic heterocycles. The molecular weight excluding hydrogens is 378 g/mol. The van der Waals surface area contributed by atoms with Crippen molar-refractivity contribution in [3.63, 3.8) is 0 Å². The topological polar surface area (TPSA) is 80.2 Å². The maximum absolute atomic E-state index is 12.9. The summed E-state index contributed by atoms with van der Waals surface area (Å²) in [7, 11) is 0. The minimum atomic E-state index is -0.506. The average Bonchev–Trinajstić information content (AvgIpc) is 2.63. The number of nitrogens with zero attached hydrogens (tertiary/aromatic N) is 1. The summed E-state index contributed by atoms with van der Waals surface area (Å²) in [6, 6.07) is 11.8. The molecule has 144 valence electrons. The van der Waals surface area contributed by atoms with Crippen LogP contribution in [0.15, 0.2) is 53.5 Å². The molecule has 0 spiro atoms. The first-order valence-electron chi connectivity index (χ1n) is 8.79. The predicted octanol–water partition coefficient (Wildman–Crippen LogP) is 4.45. The number of amides is 2. The van der Waals surface area contributed by atoms with E-state index in [2.05, 4.69) is 10.6 Å². The Balaban J connectivity index is 1.98. The van der Waals surface area contributed by atoms with Gasteiger partial charge in [0.15, 0.2) is 0 Å². The van der Waals surface area contributed by atoms with Crippen molar-refractivity contribution in [3.05, 3.63) is 69.5 Å². The monoisotopic (exact) mass is 397 g/mol. The van der Waals surface area contributed by atoms with Crippen LogP contribution in [0.2, 0.25) is 5.02 Å². The van der Waals surface area contributed by atoms with Crippen molar-refractivity contribution in [3.8, 4) is 0 Å². The zero-order chi connectivity index (χ0) is 20.4. The summed E-state index contributed by atoms with van der Waals surface area (Å²) < 4.78 is 1.88. The highest BCUT2D eigenvalue weighted by molar-refractivity contribution is 6.31. The van der Waals surface area contributed by atoms with Crippen LogP contribution in [-0.4, -0.2) is 16.4 Å². The molecule has 6 nitrogen and oxygen atoms in total. The SMILES string of the molecule is CC(=O)Nc1ccc(NC(=O)c2cn(C(C)C)c3ccc(Cl)cc3c2=O)cc1. The number of benzene rings is 2. The van der Waals surface area contributed by atoms with Crippen molar-refractivity contribution in [1.82, 2.24) is 4.57 Å². The predicted molar refractivity (Wildman–Crippen MR) is 112 cm³/mol. The summed E-state index contributed by atoms with van der Waals surface area (Å²) >= 11 is 6.06. The summed E-state index contributed by atoms with van der Waals surface area (Å²) in [6.45, 7) is 5.36. The first-order valence-corrected chi connectivity index (χ1v) is 9.17. The second-order valence-corrected chi connectivity index (χ2v) is 7.18. The van der Waals surface area contributed by atoms with E-state index in [0.717, 1.165) is 5.52 Å². The van der Waals surface area contributed by atoms with Gasteiger partial charge < -0.3 is 15.2 Å². The summed E-state index contributed by atoms with van der Waals surface area (Å²) in [4.78, 5) is 36.7. The van der Waals surface area contributed by atoms with Crippen LogP contribution in [0.4, 0.5) is 11.4 Å². The van der Waals surface area contributed by atoms with E-state index in [1.54, 1.807) is 48.7 Å². The highest BCUT2D eigenvalue weighted by Gasteiger charge is 2.17. The number of aromatic nitrogens is 1. The van der Waals surface area contributed by atoms with Crippen LogP contribution in [0.25, 0.3) is 10.9 Å². The third-order valence-electron chi connectivity index (χ3n) is 4.26. The van der Waals surface area contributed by atoms with Gasteiger partial charge in [-0.3, -0.25) is 14.4 Å². The van der Waals surface area contributed by atoms with Crippen molar-refractivity contribution in [2.45, 2.75) is 26.8 Å². The lowest BCUT2D eigenvalue weighted by atomic mass is 10.1. The first-order chi connectivity index (χ1) is 13.3. The van der Waals surface area contributed by atoms with E-state index >= 15 is 0 Å². The van der Waals surface area contributed by atoms with Crippen LogP contribution >= 0.6 is 11.6 Å². The minimum Gasteiger partial charge on any atom is -0.344 e. The third kappa shape index (κ3) is 4.07. The lowest BCUT2D eigenvalue weighted by Gasteiger charge is -2.17. The van der Waals surface area contributed by atoms with Crippen molar-refractivity contribution < 1.29 is 9.59 Å². The van der Waals surface area contributed by atoms with E-state index in [9.17, 15) is 14.4 Å². The largest absolute Gasteiger partial charge is 0.344 e. The van der Waals surface area contributed by atoms with Gasteiger partial charge in [0.1, 0.15) is 5.56 Å². The second kappa shape index (κ2) is 7.86. The van der Waals surface area contributed by atoms with Gasteiger partial charge in [-0.05, 0) is 56.3 Å². The molecule has 1 aromatic heterocycles. The molecule has 0 radical (unpaired) electrons. The maximum atomic E-state index is 12.9. The van der Waals surface area contributed by atoms with Crippen LogP contribution in [0.3, 0.4) is 0 Å². The average molecular weight is 398 g/mol. The molecule has 3 rings (SSSR count). The van der Waals surface area contributed by atoms with Crippen molar-refractivity contribution in [1.29, 1.82) is 0 Å². The normalized spacial score (nSPS) is 10.9. The van der Waals surface area contributed by atoms with Crippen LogP contribution in [0, 0.1) is 0 Å². The van der Waals surface area contributed by atoms with Crippen LogP contribution in [0.5, 0.6) is 0 Å². The molecule has 2 aromatic carbocycles. The molecular formula is C21H20ClN3O3. The van der Waals surface area contributed by atoms with Gasteiger partial charge >= 0.3 is 0 Å². The second-order valence-electron chi connectivity index (χ2n) is 6.75. The molecule has 2 amide bonds. The quantitative estimate of drug-likeness (QED) is 0.682. The molecule has 0 bridgehead atoms. The Kier molecular flexibility index (Phi) is 5.51. The Labute approximate surface area is 167 Å². The number of rotatable bonds is 4. The lowest BCUT2D eigenvalue weighted by molar-refractivity contribution is -0.114. The maximum Gasteiger partial charge on any atom is 0.261 e. The van der Waals surface area contributed by atoms with E-state index in [-0.39, 0.29) is 22.9 Å². The number of carbonyl (C=O) groups is 2. The van der Waals surface area contributed by atoms with E-state index in [1.807, 2.05) is 18.4 Å². The van der Waals surface area contributed by atoms with Crippen molar-refractivity contribution in [2.24, 2.45) is 0 Å². The lowest BCUT2D eigenvalue weighted by Crippen LogP contribution is -2.24. The van der Waals surface area contributed by atoms with Gasteiger partial charge in [-0.1, -0.05) is 11.6 Å². The molecule has 3 aromatic rings. The zero-order valence-corrected chi connectivity index (χ0v) is 16.5. The van der Waals surface area contributed by atoms with Gasteiger partial charge in [0, 0.05) is 40.9 Å². The highest BCUT2D eigenvalue weighted by Crippen LogP contribution is 2.21. The summed E-state index contributed by atoms with van der Waals surface area (Å²) in [5.74, 6) is -0.686. The minimum absolute atomic E-state index is 0.0365. The van der Waals surface area contributed by atoms with E-state index in [1.165, 1.54) is 6.92 Å². The van der Waals surface area contributed by atoms with Crippen molar-refractivity contribution >= 4 is 45.7 Å². The molecule has 2 N–H and O–H groups in total. The number of fused-ring (bicyclic) bond motifs is 1. The Bertz CT molecular complexity index is 1120. The Hall–Kier alpha value is -3.12. The number of hydrogen-bond donors (Lipinski definition) is 2.